The molecule has 8 atom stereocenters. The van der Waals surface area contributed by atoms with Crippen LogP contribution in [0.15, 0.2) is 12.2 Å². The molecule has 0 radical (unpaired) electrons. The van der Waals surface area contributed by atoms with E-state index in [4.69, 9.17) is 0 Å². The van der Waals surface area contributed by atoms with Crippen LogP contribution in [0.25, 0.3) is 0 Å². The molecule has 5 fully saturated rings. The van der Waals surface area contributed by atoms with Crippen LogP contribution in [0.3, 0.4) is 0 Å². The molecule has 27 heavy (non-hydrogen) atoms. The van der Waals surface area contributed by atoms with Gasteiger partial charge in [0.05, 0.1) is 5.37 Å². The molecule has 0 bridgehead atoms. The van der Waals surface area contributed by atoms with Gasteiger partial charge in [-0.3, -0.25) is 4.79 Å². The molecule has 1 heterocycles. The predicted molar refractivity (Wildman–Crippen MR) is 114 cm³/mol. The molecule has 5 aliphatic rings. The fourth-order valence-corrected chi connectivity index (χ4v) is 9.64. The molecule has 0 spiro atoms. The van der Waals surface area contributed by atoms with Gasteiger partial charge in [-0.1, -0.05) is 26.0 Å². The van der Waals surface area contributed by atoms with E-state index in [9.17, 15) is 4.79 Å². The molecule has 4 saturated carbocycles. The Kier molecular flexibility index (Phi) is 4.59. The van der Waals surface area contributed by atoms with Crippen molar-refractivity contribution in [1.29, 1.82) is 0 Å². The Morgan fingerprint density at radius 2 is 1.96 bits per heavy atom. The zero-order valence-electron chi connectivity index (χ0n) is 17.3. The lowest BCUT2D eigenvalue weighted by atomic mass is 9.44. The van der Waals surface area contributed by atoms with Crippen molar-refractivity contribution in [2.45, 2.75) is 88.7 Å². The standard InChI is InChI=1S/C24H37NOS/c1-15-13-17-18-6-7-21(26)24(18,3)11-9-19(17)23(2)10-8-16(14-20(15)23)27-22-5-4-12-25-22/h16-20,22,25H,1,4-14H2,2-3H3/t16?,17-,18-,19+,20?,22-,23+,24-/m0/s1. The summed E-state index contributed by atoms with van der Waals surface area (Å²) in [5.41, 5.74) is 1.96. The van der Waals surface area contributed by atoms with Crippen LogP contribution < -0.4 is 5.32 Å². The fourth-order valence-electron chi connectivity index (χ4n) is 8.10. The Balaban J connectivity index is 1.35. The first-order chi connectivity index (χ1) is 12.9. The third-order valence-corrected chi connectivity index (χ3v) is 11.2. The number of hydrogen-bond acceptors (Lipinski definition) is 3. The van der Waals surface area contributed by atoms with Gasteiger partial charge in [0, 0.05) is 17.1 Å². The Morgan fingerprint density at radius 1 is 1.11 bits per heavy atom. The molecule has 1 saturated heterocycles. The third kappa shape index (κ3) is 2.81. The van der Waals surface area contributed by atoms with Crippen molar-refractivity contribution in [2.24, 2.45) is 34.5 Å². The van der Waals surface area contributed by atoms with E-state index in [0.29, 0.717) is 28.4 Å². The van der Waals surface area contributed by atoms with Crippen LogP contribution in [0, 0.1) is 34.5 Å². The van der Waals surface area contributed by atoms with Crippen LogP contribution in [0.5, 0.6) is 0 Å². The number of ketones is 1. The molecule has 0 amide bonds. The SMILES string of the molecule is C=C1C[C@@H]2[C@@H](CC[C@]3(C)C(=O)CC[C@@H]23)[C@@]2(C)CCC(S[C@H]3CCCN3)CC12. The van der Waals surface area contributed by atoms with Crippen molar-refractivity contribution < 1.29 is 4.79 Å². The maximum Gasteiger partial charge on any atom is 0.139 e. The Bertz CT molecular complexity index is 640. The van der Waals surface area contributed by atoms with Gasteiger partial charge >= 0.3 is 0 Å². The minimum atomic E-state index is -0.00810. The summed E-state index contributed by atoms with van der Waals surface area (Å²) in [5.74, 6) is 3.46. The van der Waals surface area contributed by atoms with Crippen LogP contribution >= 0.6 is 11.8 Å². The summed E-state index contributed by atoms with van der Waals surface area (Å²) in [6, 6.07) is 0. The van der Waals surface area contributed by atoms with Crippen LogP contribution in [-0.4, -0.2) is 23.0 Å². The van der Waals surface area contributed by atoms with Gasteiger partial charge in [0.15, 0.2) is 0 Å². The minimum Gasteiger partial charge on any atom is -0.305 e. The summed E-state index contributed by atoms with van der Waals surface area (Å²) >= 11 is 2.23. The number of carbonyl (C=O) groups excluding carboxylic acids is 1. The molecule has 0 aromatic heterocycles. The van der Waals surface area contributed by atoms with Crippen molar-refractivity contribution in [3.63, 3.8) is 0 Å². The molecular weight excluding hydrogens is 350 g/mol. The second kappa shape index (κ2) is 6.62. The van der Waals surface area contributed by atoms with Crippen molar-refractivity contribution in [1.82, 2.24) is 5.32 Å². The zero-order chi connectivity index (χ0) is 18.8. The highest BCUT2D eigenvalue weighted by atomic mass is 32.2. The van der Waals surface area contributed by atoms with Crippen LogP contribution in [0.1, 0.15) is 78.1 Å². The lowest BCUT2D eigenvalue weighted by Gasteiger charge is -2.61. The summed E-state index contributed by atoms with van der Waals surface area (Å²) in [6.45, 7) is 10.8. The van der Waals surface area contributed by atoms with E-state index in [1.54, 1.807) is 0 Å². The van der Waals surface area contributed by atoms with Gasteiger partial charge in [-0.05, 0) is 93.4 Å². The third-order valence-electron chi connectivity index (χ3n) is 9.66. The van der Waals surface area contributed by atoms with Crippen molar-refractivity contribution in [2.75, 3.05) is 6.54 Å². The second-order valence-electron chi connectivity index (χ2n) is 10.8. The van der Waals surface area contributed by atoms with Gasteiger partial charge in [-0.25, -0.2) is 0 Å². The molecule has 2 nitrogen and oxygen atoms in total. The topological polar surface area (TPSA) is 29.1 Å². The smallest absolute Gasteiger partial charge is 0.139 e. The molecule has 2 unspecified atom stereocenters. The fraction of sp³-hybridized carbons (Fsp3) is 0.875. The van der Waals surface area contributed by atoms with Crippen LogP contribution in [0.4, 0.5) is 0 Å². The molecule has 1 aliphatic heterocycles. The van der Waals surface area contributed by atoms with Gasteiger partial charge in [-0.2, -0.15) is 0 Å². The number of nitrogens with one attached hydrogen (secondary N) is 1. The van der Waals surface area contributed by atoms with E-state index in [1.807, 2.05) is 0 Å². The summed E-state index contributed by atoms with van der Waals surface area (Å²) in [7, 11) is 0. The highest BCUT2D eigenvalue weighted by Gasteiger charge is 2.61. The predicted octanol–water partition coefficient (Wildman–Crippen LogP) is 5.58. The quantitative estimate of drug-likeness (QED) is 0.628. The van der Waals surface area contributed by atoms with Crippen molar-refractivity contribution in [3.05, 3.63) is 12.2 Å². The number of Topliss-reactive ketones (excluding diaryl/α,β-unsaturated/α-hetero) is 1. The molecule has 0 aromatic rings. The average Bonchev–Trinajstić information content (AvgIpc) is 3.25. The summed E-state index contributed by atoms with van der Waals surface area (Å²) in [5, 5.41) is 5.20. The first-order valence-corrected chi connectivity index (χ1v) is 12.5. The van der Waals surface area contributed by atoms with E-state index in [2.05, 4.69) is 37.5 Å². The minimum absolute atomic E-state index is 0.00810. The first-order valence-electron chi connectivity index (χ1n) is 11.5. The molecule has 1 N–H and O–H groups in total. The highest BCUT2D eigenvalue weighted by molar-refractivity contribution is 8.00. The normalized spacial score (nSPS) is 52.4. The lowest BCUT2D eigenvalue weighted by molar-refractivity contribution is -0.135. The van der Waals surface area contributed by atoms with Crippen molar-refractivity contribution in [3.8, 4) is 0 Å². The van der Waals surface area contributed by atoms with E-state index in [0.717, 1.165) is 36.3 Å². The second-order valence-corrected chi connectivity index (χ2v) is 12.3. The highest BCUT2D eigenvalue weighted by Crippen LogP contribution is 2.66. The van der Waals surface area contributed by atoms with E-state index in [-0.39, 0.29) is 5.41 Å². The van der Waals surface area contributed by atoms with E-state index >= 15 is 0 Å². The maximum atomic E-state index is 12.6. The Hall–Kier alpha value is -0.280. The molecular formula is C24H37NOS. The first kappa shape index (κ1) is 18.7. The number of hydrogen-bond donors (Lipinski definition) is 1. The van der Waals surface area contributed by atoms with Gasteiger partial charge in [0.25, 0.3) is 0 Å². The number of carbonyl (C=O) groups is 1. The molecule has 0 aromatic carbocycles. The van der Waals surface area contributed by atoms with Gasteiger partial charge in [-0.15, -0.1) is 11.8 Å². The Labute approximate surface area is 169 Å². The average molecular weight is 388 g/mol. The number of allylic oxidation sites excluding steroid dienone is 1. The lowest BCUT2D eigenvalue weighted by Crippen LogP contribution is -2.54. The summed E-state index contributed by atoms with van der Waals surface area (Å²) in [6.07, 6.45) is 12.4. The van der Waals surface area contributed by atoms with Crippen LogP contribution in [0.2, 0.25) is 0 Å². The largest absolute Gasteiger partial charge is 0.305 e. The number of fused-ring (bicyclic) bond motifs is 5. The molecule has 4 aliphatic carbocycles. The number of thioether (sulfide) groups is 1. The van der Waals surface area contributed by atoms with Gasteiger partial charge in [0.1, 0.15) is 5.78 Å². The molecule has 3 heteroatoms. The monoisotopic (exact) mass is 387 g/mol. The van der Waals surface area contributed by atoms with Gasteiger partial charge < -0.3 is 5.32 Å². The van der Waals surface area contributed by atoms with Gasteiger partial charge in [0.2, 0.25) is 0 Å². The Morgan fingerprint density at radius 3 is 2.74 bits per heavy atom. The summed E-state index contributed by atoms with van der Waals surface area (Å²) in [4.78, 5) is 12.6. The van der Waals surface area contributed by atoms with Crippen molar-refractivity contribution >= 4 is 17.5 Å². The molecule has 5 rings (SSSR count). The van der Waals surface area contributed by atoms with E-state index in [1.165, 1.54) is 57.1 Å². The summed E-state index contributed by atoms with van der Waals surface area (Å²) < 4.78 is 0. The molecule has 150 valence electrons. The van der Waals surface area contributed by atoms with E-state index < -0.39 is 0 Å². The van der Waals surface area contributed by atoms with Crippen LogP contribution in [-0.2, 0) is 4.79 Å². The number of rotatable bonds is 2. The zero-order valence-corrected chi connectivity index (χ0v) is 18.1. The maximum absolute atomic E-state index is 12.6.